The molecule has 0 aliphatic rings. The Kier molecular flexibility index (Phi) is 9.37. The lowest BCUT2D eigenvalue weighted by Gasteiger charge is -2.35. The number of amides is 2. The maximum absolute atomic E-state index is 13.8. The van der Waals surface area contributed by atoms with E-state index >= 15 is 0 Å². The highest BCUT2D eigenvalue weighted by Crippen LogP contribution is 2.36. The second kappa shape index (κ2) is 12.9. The maximum atomic E-state index is 13.8. The quantitative estimate of drug-likeness (QED) is 0.152. The average molecular weight is 599 g/mol. The van der Waals surface area contributed by atoms with E-state index in [0.717, 1.165) is 11.6 Å². The molecule has 42 heavy (non-hydrogen) atoms. The number of carbonyl (C=O) groups is 1. The van der Waals surface area contributed by atoms with Gasteiger partial charge in [-0.05, 0) is 60.5 Å². The van der Waals surface area contributed by atoms with Crippen molar-refractivity contribution in [3.05, 3.63) is 131 Å². The first kappa shape index (κ1) is 30.4. The molecule has 2 amide bonds. The molecular formula is C31H27ClF4N4O2. The Balaban J connectivity index is 1.81. The number of benzene rings is 3. The van der Waals surface area contributed by atoms with E-state index in [-0.39, 0.29) is 12.0 Å². The van der Waals surface area contributed by atoms with Gasteiger partial charge >= 0.3 is 18.6 Å². The molecule has 218 valence electrons. The second-order valence-corrected chi connectivity index (χ2v) is 9.92. The third kappa shape index (κ3) is 7.58. The van der Waals surface area contributed by atoms with Gasteiger partial charge in [-0.15, -0.1) is 0 Å². The molecule has 0 spiro atoms. The topological polar surface area (TPSA) is 75.3 Å². The second-order valence-electron chi connectivity index (χ2n) is 9.49. The standard InChI is InChI=1S/C31H27ClF4N4O2/c1-20(2)38-24-11-7-12-25(17-24)39-29(41)40-30(18-21-8-4-3-5-9-21,27-15-14-23(32)19-37-27)22-10-6-13-26(16-22)42-31(35,36)28(33)34/h3-17,19,28,38H,1,18H2,2H3,(H2,39,40,41)/t30-/m1/s1. The zero-order valence-electron chi connectivity index (χ0n) is 22.4. The summed E-state index contributed by atoms with van der Waals surface area (Å²) in [6.07, 6.45) is -7.30. The first-order valence-electron chi connectivity index (χ1n) is 12.7. The van der Waals surface area contributed by atoms with Crippen molar-refractivity contribution >= 4 is 29.0 Å². The van der Waals surface area contributed by atoms with Crippen LogP contribution in [0.4, 0.5) is 33.7 Å². The van der Waals surface area contributed by atoms with E-state index in [1.54, 1.807) is 61.5 Å². The number of alkyl halides is 4. The van der Waals surface area contributed by atoms with Crippen LogP contribution < -0.4 is 20.7 Å². The molecule has 6 nitrogen and oxygen atoms in total. The number of hydrogen-bond acceptors (Lipinski definition) is 4. The molecule has 3 aromatic carbocycles. The average Bonchev–Trinajstić information content (AvgIpc) is 2.93. The van der Waals surface area contributed by atoms with Crippen LogP contribution in [0.15, 0.2) is 109 Å². The number of hydrogen-bond donors (Lipinski definition) is 3. The summed E-state index contributed by atoms with van der Waals surface area (Å²) in [6, 6.07) is 23.7. The van der Waals surface area contributed by atoms with Crippen molar-refractivity contribution in [2.24, 2.45) is 0 Å². The van der Waals surface area contributed by atoms with Gasteiger partial charge in [0.25, 0.3) is 0 Å². The summed E-state index contributed by atoms with van der Waals surface area (Å²) in [5.41, 5.74) is 1.66. The molecule has 0 aliphatic heterocycles. The molecule has 0 fully saturated rings. The summed E-state index contributed by atoms with van der Waals surface area (Å²) in [6.45, 7) is 5.61. The van der Waals surface area contributed by atoms with Crippen LogP contribution in [0, 0.1) is 0 Å². The smallest absolute Gasteiger partial charge is 0.428 e. The lowest BCUT2D eigenvalue weighted by atomic mass is 9.80. The van der Waals surface area contributed by atoms with Crippen molar-refractivity contribution in [2.45, 2.75) is 31.4 Å². The molecule has 4 aromatic rings. The maximum Gasteiger partial charge on any atom is 0.461 e. The van der Waals surface area contributed by atoms with Crippen LogP contribution in [0.1, 0.15) is 23.7 Å². The van der Waals surface area contributed by atoms with Gasteiger partial charge in [0.05, 0.1) is 10.7 Å². The zero-order chi connectivity index (χ0) is 30.3. The van der Waals surface area contributed by atoms with Gasteiger partial charge in [0.2, 0.25) is 0 Å². The van der Waals surface area contributed by atoms with Crippen LogP contribution in [-0.4, -0.2) is 23.5 Å². The molecule has 11 heteroatoms. The van der Waals surface area contributed by atoms with Gasteiger partial charge in [-0.1, -0.05) is 66.7 Å². The minimum atomic E-state index is -4.73. The van der Waals surface area contributed by atoms with E-state index < -0.39 is 29.9 Å². The third-order valence-electron chi connectivity index (χ3n) is 6.12. The van der Waals surface area contributed by atoms with Crippen LogP contribution in [0.3, 0.4) is 0 Å². The van der Waals surface area contributed by atoms with E-state index in [0.29, 0.717) is 27.8 Å². The van der Waals surface area contributed by atoms with E-state index in [2.05, 4.69) is 32.3 Å². The molecule has 0 bridgehead atoms. The number of urea groups is 1. The summed E-state index contributed by atoms with van der Waals surface area (Å²) in [7, 11) is 0. The van der Waals surface area contributed by atoms with Crippen molar-refractivity contribution < 1.29 is 27.1 Å². The Morgan fingerprint density at radius 2 is 1.64 bits per heavy atom. The lowest BCUT2D eigenvalue weighted by Crippen LogP contribution is -2.50. The van der Waals surface area contributed by atoms with Gasteiger partial charge in [0, 0.05) is 29.7 Å². The molecule has 1 heterocycles. The predicted molar refractivity (Wildman–Crippen MR) is 155 cm³/mol. The summed E-state index contributed by atoms with van der Waals surface area (Å²) in [4.78, 5) is 18.1. The molecule has 1 aromatic heterocycles. The SMILES string of the molecule is C=C(C)Nc1cccc(NC(=O)N[C@](Cc2ccccc2)(c2cccc(OC(F)(F)C(F)F)c2)c2ccc(Cl)cn2)c1. The number of allylic oxidation sites excluding steroid dienone is 1. The first-order valence-corrected chi connectivity index (χ1v) is 13.1. The Morgan fingerprint density at radius 3 is 2.29 bits per heavy atom. The van der Waals surface area contributed by atoms with Crippen LogP contribution in [-0.2, 0) is 12.0 Å². The van der Waals surface area contributed by atoms with Gasteiger partial charge in [0.1, 0.15) is 11.3 Å². The van der Waals surface area contributed by atoms with Gasteiger partial charge < -0.3 is 20.7 Å². The molecule has 4 rings (SSSR count). The van der Waals surface area contributed by atoms with Crippen molar-refractivity contribution in [3.8, 4) is 5.75 Å². The lowest BCUT2D eigenvalue weighted by molar-refractivity contribution is -0.253. The van der Waals surface area contributed by atoms with Gasteiger partial charge in [-0.2, -0.15) is 17.6 Å². The summed E-state index contributed by atoms with van der Waals surface area (Å²) >= 11 is 6.11. The highest BCUT2D eigenvalue weighted by atomic mass is 35.5. The largest absolute Gasteiger partial charge is 0.461 e. The van der Waals surface area contributed by atoms with E-state index in [4.69, 9.17) is 11.6 Å². The van der Waals surface area contributed by atoms with E-state index in [1.165, 1.54) is 18.3 Å². The number of aromatic nitrogens is 1. The fourth-order valence-electron chi connectivity index (χ4n) is 4.36. The molecule has 0 saturated heterocycles. The fraction of sp³-hybridized carbons (Fsp3) is 0.161. The normalized spacial score (nSPS) is 12.7. The molecule has 0 radical (unpaired) electrons. The summed E-state index contributed by atoms with van der Waals surface area (Å²) < 4.78 is 57.9. The number of carbonyl (C=O) groups excluding carboxylic acids is 1. The monoisotopic (exact) mass is 598 g/mol. The number of ether oxygens (including phenoxy) is 1. The predicted octanol–water partition coefficient (Wildman–Crippen LogP) is 8.23. The first-order chi connectivity index (χ1) is 20.0. The number of rotatable bonds is 11. The highest BCUT2D eigenvalue weighted by molar-refractivity contribution is 6.30. The number of pyridine rings is 1. The van der Waals surface area contributed by atoms with Crippen molar-refractivity contribution in [1.29, 1.82) is 0 Å². The Morgan fingerprint density at radius 1 is 0.952 bits per heavy atom. The van der Waals surface area contributed by atoms with Gasteiger partial charge in [0.15, 0.2) is 0 Å². The third-order valence-corrected chi connectivity index (χ3v) is 6.34. The number of halogens is 5. The number of nitrogens with one attached hydrogen (secondary N) is 3. The van der Waals surface area contributed by atoms with Crippen LogP contribution in [0.5, 0.6) is 5.75 Å². The van der Waals surface area contributed by atoms with Crippen molar-refractivity contribution in [2.75, 3.05) is 10.6 Å². The van der Waals surface area contributed by atoms with Crippen LogP contribution in [0.25, 0.3) is 0 Å². The fourth-order valence-corrected chi connectivity index (χ4v) is 4.47. The molecule has 0 saturated carbocycles. The Hall–Kier alpha value is -4.57. The van der Waals surface area contributed by atoms with Gasteiger partial charge in [-0.25, -0.2) is 4.79 Å². The summed E-state index contributed by atoms with van der Waals surface area (Å²) in [5, 5.41) is 9.16. The molecule has 0 unspecified atom stereocenters. The van der Waals surface area contributed by atoms with E-state index in [9.17, 15) is 22.4 Å². The Bertz CT molecular complexity index is 1540. The van der Waals surface area contributed by atoms with Crippen molar-refractivity contribution in [3.63, 3.8) is 0 Å². The van der Waals surface area contributed by atoms with Gasteiger partial charge in [-0.3, -0.25) is 4.98 Å². The Labute approximate surface area is 245 Å². The summed E-state index contributed by atoms with van der Waals surface area (Å²) in [5.74, 6) is -0.523. The number of nitrogens with zero attached hydrogens (tertiary/aromatic N) is 1. The van der Waals surface area contributed by atoms with Crippen LogP contribution >= 0.6 is 11.6 Å². The van der Waals surface area contributed by atoms with Crippen molar-refractivity contribution in [1.82, 2.24) is 10.3 Å². The zero-order valence-corrected chi connectivity index (χ0v) is 23.1. The molecule has 0 aliphatic carbocycles. The minimum absolute atomic E-state index is 0.0990. The van der Waals surface area contributed by atoms with Crippen LogP contribution in [0.2, 0.25) is 5.02 Å². The molecular weight excluding hydrogens is 572 g/mol. The minimum Gasteiger partial charge on any atom is -0.428 e. The highest BCUT2D eigenvalue weighted by Gasteiger charge is 2.44. The number of anilines is 2. The molecule has 3 N–H and O–H groups in total. The molecule has 1 atom stereocenters. The van der Waals surface area contributed by atoms with E-state index in [1.807, 2.05) is 18.2 Å².